The molecule has 0 aliphatic rings. The fourth-order valence-electron chi connectivity index (χ4n) is 6.28. The molecule has 0 atom stereocenters. The van der Waals surface area contributed by atoms with E-state index in [-0.39, 0.29) is 0 Å². The summed E-state index contributed by atoms with van der Waals surface area (Å²) in [6, 6.07) is 48.8. The summed E-state index contributed by atoms with van der Waals surface area (Å²) in [7, 11) is 0. The lowest BCUT2D eigenvalue weighted by molar-refractivity contribution is 1.29. The zero-order chi connectivity index (χ0) is 26.5. The Balaban J connectivity index is 1.33. The molecular formula is C39H26S. The largest absolute Gasteiger partial charge is 0.135 e. The number of hydrogen-bond acceptors (Lipinski definition) is 1. The van der Waals surface area contributed by atoms with Crippen molar-refractivity contribution < 1.29 is 0 Å². The highest BCUT2D eigenvalue weighted by Crippen LogP contribution is 2.43. The molecule has 0 aliphatic carbocycles. The van der Waals surface area contributed by atoms with Gasteiger partial charge in [0.25, 0.3) is 0 Å². The van der Waals surface area contributed by atoms with E-state index in [4.69, 9.17) is 0 Å². The van der Waals surface area contributed by atoms with Crippen LogP contribution in [0.4, 0.5) is 0 Å². The summed E-state index contributed by atoms with van der Waals surface area (Å²) in [6.45, 7) is 0. The summed E-state index contributed by atoms with van der Waals surface area (Å²) in [4.78, 5) is 0. The molecule has 0 unspecified atom stereocenters. The van der Waals surface area contributed by atoms with Crippen LogP contribution in [-0.2, 0) is 6.42 Å². The van der Waals surface area contributed by atoms with Crippen LogP contribution in [-0.4, -0.2) is 0 Å². The van der Waals surface area contributed by atoms with Gasteiger partial charge in [0, 0.05) is 20.2 Å². The Morgan fingerprint density at radius 2 is 1.20 bits per heavy atom. The van der Waals surface area contributed by atoms with Crippen molar-refractivity contribution in [3.05, 3.63) is 151 Å². The number of hydrogen-bond donors (Lipinski definition) is 0. The minimum atomic E-state index is 0.893. The van der Waals surface area contributed by atoms with Crippen LogP contribution < -0.4 is 0 Å². The maximum Gasteiger partial charge on any atom is 0.0355 e. The van der Waals surface area contributed by atoms with Crippen LogP contribution >= 0.6 is 11.3 Å². The van der Waals surface area contributed by atoms with E-state index in [2.05, 4.69) is 146 Å². The molecule has 0 saturated carbocycles. The highest BCUT2D eigenvalue weighted by molar-refractivity contribution is 7.25. The van der Waals surface area contributed by atoms with Crippen LogP contribution in [0.5, 0.6) is 0 Å². The van der Waals surface area contributed by atoms with Crippen molar-refractivity contribution in [3.63, 3.8) is 0 Å². The van der Waals surface area contributed by atoms with Crippen molar-refractivity contribution in [3.8, 4) is 11.1 Å². The quantitative estimate of drug-likeness (QED) is 0.158. The monoisotopic (exact) mass is 526 g/mol. The van der Waals surface area contributed by atoms with Gasteiger partial charge in [0.2, 0.25) is 0 Å². The van der Waals surface area contributed by atoms with Gasteiger partial charge in [0.15, 0.2) is 0 Å². The maximum absolute atomic E-state index is 2.38. The van der Waals surface area contributed by atoms with Gasteiger partial charge in [-0.2, -0.15) is 0 Å². The van der Waals surface area contributed by atoms with Gasteiger partial charge in [-0.3, -0.25) is 0 Å². The van der Waals surface area contributed by atoms with Crippen molar-refractivity contribution in [2.24, 2.45) is 0 Å². The molecule has 8 aromatic rings. The molecule has 0 spiro atoms. The zero-order valence-electron chi connectivity index (χ0n) is 22.0. The summed E-state index contributed by atoms with van der Waals surface area (Å²) in [5.41, 5.74) is 5.20. The third kappa shape index (κ3) is 3.74. The van der Waals surface area contributed by atoms with Gasteiger partial charge in [-0.05, 0) is 79.2 Å². The lowest BCUT2D eigenvalue weighted by Crippen LogP contribution is -1.91. The normalized spacial score (nSPS) is 12.0. The molecule has 40 heavy (non-hydrogen) atoms. The lowest BCUT2D eigenvalue weighted by atomic mass is 9.86. The van der Waals surface area contributed by atoms with Gasteiger partial charge in [-0.1, -0.05) is 127 Å². The lowest BCUT2D eigenvalue weighted by Gasteiger charge is -2.17. The van der Waals surface area contributed by atoms with Gasteiger partial charge in [-0.15, -0.1) is 11.3 Å². The molecule has 0 aliphatic heterocycles. The third-order valence-electron chi connectivity index (χ3n) is 8.10. The van der Waals surface area contributed by atoms with E-state index < -0.39 is 0 Å². The Labute approximate surface area is 237 Å². The first-order valence-electron chi connectivity index (χ1n) is 13.8. The van der Waals surface area contributed by atoms with Crippen LogP contribution in [0.1, 0.15) is 11.1 Å². The van der Waals surface area contributed by atoms with Crippen LogP contribution in [0.25, 0.3) is 69.7 Å². The van der Waals surface area contributed by atoms with Crippen LogP contribution in [0.2, 0.25) is 0 Å². The topological polar surface area (TPSA) is 0 Å². The van der Waals surface area contributed by atoms with Crippen LogP contribution in [0.15, 0.2) is 140 Å². The van der Waals surface area contributed by atoms with Gasteiger partial charge in [0.1, 0.15) is 0 Å². The molecular weight excluding hydrogens is 500 g/mol. The average Bonchev–Trinajstić information content (AvgIpc) is 3.39. The van der Waals surface area contributed by atoms with E-state index in [9.17, 15) is 0 Å². The first kappa shape index (κ1) is 23.2. The number of rotatable bonds is 4. The molecule has 1 aromatic heterocycles. The highest BCUT2D eigenvalue weighted by Gasteiger charge is 2.16. The first-order chi connectivity index (χ1) is 19.8. The van der Waals surface area contributed by atoms with Crippen molar-refractivity contribution in [2.45, 2.75) is 6.42 Å². The Morgan fingerprint density at radius 3 is 2.08 bits per heavy atom. The van der Waals surface area contributed by atoms with E-state index in [1.54, 1.807) is 0 Å². The molecule has 0 nitrogen and oxygen atoms in total. The molecule has 8 rings (SSSR count). The molecule has 0 amide bonds. The van der Waals surface area contributed by atoms with Gasteiger partial charge in [0.05, 0.1) is 0 Å². The molecule has 0 fully saturated rings. The van der Waals surface area contributed by atoms with E-state index in [0.717, 1.165) is 6.42 Å². The van der Waals surface area contributed by atoms with E-state index in [0.29, 0.717) is 0 Å². The average molecular weight is 527 g/mol. The van der Waals surface area contributed by atoms with Crippen molar-refractivity contribution in [1.82, 2.24) is 0 Å². The fraction of sp³-hybridized carbons (Fsp3) is 0.0256. The summed E-state index contributed by atoms with van der Waals surface area (Å²) in [5.74, 6) is 0. The van der Waals surface area contributed by atoms with Crippen LogP contribution in [0, 0.1) is 0 Å². The smallest absolute Gasteiger partial charge is 0.0355 e. The summed E-state index contributed by atoms with van der Waals surface area (Å²) >= 11 is 1.88. The summed E-state index contributed by atoms with van der Waals surface area (Å²) < 4.78 is 2.71. The van der Waals surface area contributed by atoms with E-state index >= 15 is 0 Å². The Kier molecular flexibility index (Phi) is 5.50. The van der Waals surface area contributed by atoms with Gasteiger partial charge >= 0.3 is 0 Å². The minimum Gasteiger partial charge on any atom is -0.135 e. The van der Waals surface area contributed by atoms with E-state index in [1.165, 1.54) is 74.7 Å². The second-order valence-corrected chi connectivity index (χ2v) is 11.5. The number of benzene rings is 7. The Hall–Kier alpha value is -4.72. The SMILES string of the molecule is C(=C\c1c2ccccc2c(-c2ccccc2)c2c1ccc1ccccc12)/Cc1ccc2sc3ccccc3c2c1. The zero-order valence-corrected chi connectivity index (χ0v) is 22.8. The summed E-state index contributed by atoms with van der Waals surface area (Å²) in [6.07, 6.45) is 5.59. The highest BCUT2D eigenvalue weighted by atomic mass is 32.1. The van der Waals surface area contributed by atoms with Crippen molar-refractivity contribution >= 4 is 69.9 Å². The van der Waals surface area contributed by atoms with Gasteiger partial charge < -0.3 is 0 Å². The molecule has 0 radical (unpaired) electrons. The number of allylic oxidation sites excluding steroid dienone is 1. The Bertz CT molecular complexity index is 2230. The van der Waals surface area contributed by atoms with Crippen molar-refractivity contribution in [1.29, 1.82) is 0 Å². The molecule has 7 aromatic carbocycles. The number of thiophene rings is 1. The van der Waals surface area contributed by atoms with Crippen LogP contribution in [0.3, 0.4) is 0 Å². The number of fused-ring (bicyclic) bond motifs is 7. The fourth-order valence-corrected chi connectivity index (χ4v) is 7.36. The minimum absolute atomic E-state index is 0.893. The molecule has 1 heterocycles. The van der Waals surface area contributed by atoms with E-state index in [1.807, 2.05) is 11.3 Å². The Morgan fingerprint density at radius 1 is 0.500 bits per heavy atom. The third-order valence-corrected chi connectivity index (χ3v) is 9.25. The molecule has 1 heteroatoms. The van der Waals surface area contributed by atoms with Crippen molar-refractivity contribution in [2.75, 3.05) is 0 Å². The second-order valence-electron chi connectivity index (χ2n) is 10.4. The molecule has 0 bridgehead atoms. The molecule has 188 valence electrons. The standard InChI is InChI=1S/C39H26S/c1-2-13-28(14-3-1)38-33-18-7-6-16-30(33)31(34-23-22-27-12-4-5-15-29(27)39(34)38)19-10-11-26-21-24-37-35(25-26)32-17-8-9-20-36(32)40-37/h1-10,12-25H,11H2/b19-10+. The molecule has 0 N–H and O–H groups in total. The maximum atomic E-state index is 2.38. The van der Waals surface area contributed by atoms with Gasteiger partial charge in [-0.25, -0.2) is 0 Å². The predicted molar refractivity (Wildman–Crippen MR) is 176 cm³/mol. The second kappa shape index (κ2) is 9.48. The molecule has 0 saturated heterocycles. The summed E-state index contributed by atoms with van der Waals surface area (Å²) in [5, 5.41) is 10.5. The first-order valence-corrected chi connectivity index (χ1v) is 14.7. The predicted octanol–water partition coefficient (Wildman–Crippen LogP) is 11.4.